The van der Waals surface area contributed by atoms with Crippen LogP contribution in [0.5, 0.6) is 0 Å². The van der Waals surface area contributed by atoms with E-state index in [1.54, 1.807) is 0 Å². The summed E-state index contributed by atoms with van der Waals surface area (Å²) in [6.45, 7) is 0. The van der Waals surface area contributed by atoms with Crippen LogP contribution in [0, 0.1) is 0 Å². The van der Waals surface area contributed by atoms with E-state index in [0.29, 0.717) is 0 Å². The molecule has 5 heavy (non-hydrogen) atoms. The number of halogens is 1. The Bertz CT molecular complexity index is 32.6. The van der Waals surface area contributed by atoms with Crippen LogP contribution < -0.4 is 51.4 Å². The first-order valence-electron chi connectivity index (χ1n) is 0.488. The largest absolute Gasteiger partial charge is 1.00 e. The summed E-state index contributed by atoms with van der Waals surface area (Å²) in [5.74, 6) is 0. The van der Waals surface area contributed by atoms with E-state index in [2.05, 4.69) is 0 Å². The molecule has 0 spiro atoms. The second kappa shape index (κ2) is 5.68. The van der Waals surface area contributed by atoms with Gasteiger partial charge in [0.1, 0.15) is 11.5 Å². The van der Waals surface area contributed by atoms with Gasteiger partial charge in [-0.15, -0.1) is 3.89 Å². The van der Waals surface area contributed by atoms with E-state index in [0.717, 1.165) is 0 Å². The Kier molecular flexibility index (Phi) is 11.2. The molecule has 0 N–H and O–H groups in total. The Labute approximate surface area is 74.1 Å². The SMILES string of the molecule is O=S([O-])F.[K+]. The molecule has 0 aromatic heterocycles. The fourth-order valence-corrected chi connectivity index (χ4v) is 0. The van der Waals surface area contributed by atoms with Gasteiger partial charge in [-0.1, -0.05) is 0 Å². The summed E-state index contributed by atoms with van der Waals surface area (Å²) in [7, 11) is 0. The predicted molar refractivity (Wildman–Crippen MR) is 10.0 cm³/mol. The van der Waals surface area contributed by atoms with Crippen molar-refractivity contribution in [3.05, 3.63) is 0 Å². The van der Waals surface area contributed by atoms with Crippen LogP contribution >= 0.6 is 0 Å². The zero-order valence-electron chi connectivity index (χ0n) is 2.60. The molecular formula is FKO2S. The Hall–Kier alpha value is 1.68. The molecule has 0 aromatic rings. The average Bonchev–Trinajstić information content (AvgIpc) is 0.811. The fourth-order valence-electron chi connectivity index (χ4n) is 0. The minimum absolute atomic E-state index is 0. The van der Waals surface area contributed by atoms with Gasteiger partial charge in [0, 0.05) is 0 Å². The van der Waals surface area contributed by atoms with Crippen molar-refractivity contribution in [3.63, 3.8) is 0 Å². The van der Waals surface area contributed by atoms with Crippen LogP contribution in [0.1, 0.15) is 0 Å². The minimum atomic E-state index is -3.36. The maximum absolute atomic E-state index is 9.92. The van der Waals surface area contributed by atoms with E-state index in [1.807, 2.05) is 0 Å². The monoisotopic (exact) mass is 122 g/mol. The third kappa shape index (κ3) is 27.3. The zero-order valence-corrected chi connectivity index (χ0v) is 6.54. The normalized spacial score (nSPS) is 12.4. The summed E-state index contributed by atoms with van der Waals surface area (Å²) < 4.78 is 26.6. The number of hydrogen-bond donors (Lipinski definition) is 0. The van der Waals surface area contributed by atoms with Crippen LogP contribution in [0.4, 0.5) is 3.89 Å². The first-order valence-corrected chi connectivity index (χ1v) is 1.46. The van der Waals surface area contributed by atoms with E-state index in [9.17, 15) is 3.89 Å². The molecule has 0 heterocycles. The Morgan fingerprint density at radius 1 is 1.80 bits per heavy atom. The molecule has 0 saturated carbocycles. The van der Waals surface area contributed by atoms with Crippen molar-refractivity contribution in [3.8, 4) is 0 Å². The number of hydrogen-bond acceptors (Lipinski definition) is 2. The third-order valence-corrected chi connectivity index (χ3v) is 0. The van der Waals surface area contributed by atoms with Crippen LogP contribution in [0.3, 0.4) is 0 Å². The summed E-state index contributed by atoms with van der Waals surface area (Å²) in [6.07, 6.45) is 0. The van der Waals surface area contributed by atoms with Crippen molar-refractivity contribution in [1.82, 2.24) is 0 Å². The van der Waals surface area contributed by atoms with Gasteiger partial charge < -0.3 is 4.55 Å². The van der Waals surface area contributed by atoms with Crippen LogP contribution in [-0.4, -0.2) is 8.76 Å². The molecule has 0 rings (SSSR count). The van der Waals surface area contributed by atoms with E-state index < -0.39 is 11.5 Å². The van der Waals surface area contributed by atoms with E-state index in [1.165, 1.54) is 0 Å². The Balaban J connectivity index is 0. The standard InChI is InChI=1S/FHO2S.K/c1-4(2)3;/h(H,2,3);/q;+1/p-1. The molecule has 0 aromatic carbocycles. The molecule has 0 saturated heterocycles. The maximum atomic E-state index is 9.92. The smallest absolute Gasteiger partial charge is 0.746 e. The minimum Gasteiger partial charge on any atom is -0.746 e. The molecule has 0 amide bonds. The molecule has 1 unspecified atom stereocenters. The van der Waals surface area contributed by atoms with Gasteiger partial charge in [-0.25, -0.2) is 4.21 Å². The van der Waals surface area contributed by atoms with Gasteiger partial charge >= 0.3 is 51.4 Å². The predicted octanol–water partition coefficient (Wildman–Crippen LogP) is -3.25. The summed E-state index contributed by atoms with van der Waals surface area (Å²) >= 11 is -3.36. The summed E-state index contributed by atoms with van der Waals surface area (Å²) in [6, 6.07) is 0. The van der Waals surface area contributed by atoms with Crippen LogP contribution in [0.15, 0.2) is 0 Å². The molecule has 0 aliphatic heterocycles. The Morgan fingerprint density at radius 2 is 1.80 bits per heavy atom. The van der Waals surface area contributed by atoms with Crippen LogP contribution in [0.2, 0.25) is 0 Å². The third-order valence-electron chi connectivity index (χ3n) is 0. The first kappa shape index (κ1) is 9.84. The molecule has 26 valence electrons. The van der Waals surface area contributed by atoms with E-state index >= 15 is 0 Å². The Morgan fingerprint density at radius 3 is 1.80 bits per heavy atom. The van der Waals surface area contributed by atoms with Gasteiger partial charge in [0.15, 0.2) is 0 Å². The van der Waals surface area contributed by atoms with Gasteiger partial charge in [-0.2, -0.15) is 0 Å². The van der Waals surface area contributed by atoms with Crippen molar-refractivity contribution >= 4 is 11.5 Å². The summed E-state index contributed by atoms with van der Waals surface area (Å²) in [5.41, 5.74) is 0. The molecule has 0 radical (unpaired) electrons. The van der Waals surface area contributed by atoms with E-state index in [-0.39, 0.29) is 51.4 Å². The quantitative estimate of drug-likeness (QED) is 0.192. The van der Waals surface area contributed by atoms with Crippen LogP contribution in [-0.2, 0) is 11.5 Å². The average molecular weight is 122 g/mol. The molecule has 0 bridgehead atoms. The summed E-state index contributed by atoms with van der Waals surface area (Å²) in [5, 5.41) is 0. The molecule has 2 nitrogen and oxygen atoms in total. The molecule has 0 aliphatic carbocycles. The fraction of sp³-hybridized carbons (Fsp3) is 0. The van der Waals surface area contributed by atoms with E-state index in [4.69, 9.17) is 8.76 Å². The van der Waals surface area contributed by atoms with Gasteiger partial charge in [-0.05, 0) is 0 Å². The van der Waals surface area contributed by atoms with Crippen molar-refractivity contribution in [1.29, 1.82) is 0 Å². The van der Waals surface area contributed by atoms with Crippen molar-refractivity contribution in [2.45, 2.75) is 0 Å². The second-order valence-corrected chi connectivity index (χ2v) is 0.582. The van der Waals surface area contributed by atoms with Gasteiger partial charge in [-0.3, -0.25) is 0 Å². The first-order chi connectivity index (χ1) is 1.73. The molecule has 0 fully saturated rings. The molecule has 1 atom stereocenters. The molecular weight excluding hydrogens is 122 g/mol. The van der Waals surface area contributed by atoms with Gasteiger partial charge in [0.05, 0.1) is 0 Å². The van der Waals surface area contributed by atoms with Crippen molar-refractivity contribution < 1.29 is 64.0 Å². The van der Waals surface area contributed by atoms with Crippen LogP contribution in [0.25, 0.3) is 0 Å². The van der Waals surface area contributed by atoms with Gasteiger partial charge in [0.2, 0.25) is 0 Å². The van der Waals surface area contributed by atoms with Gasteiger partial charge in [0.25, 0.3) is 0 Å². The second-order valence-electron chi connectivity index (χ2n) is 0.194. The topological polar surface area (TPSA) is 40.1 Å². The maximum Gasteiger partial charge on any atom is 1.00 e. The summed E-state index contributed by atoms with van der Waals surface area (Å²) in [4.78, 5) is 0. The zero-order chi connectivity index (χ0) is 3.58. The van der Waals surface area contributed by atoms with Crippen molar-refractivity contribution in [2.24, 2.45) is 0 Å². The number of rotatable bonds is 0. The van der Waals surface area contributed by atoms with Crippen molar-refractivity contribution in [2.75, 3.05) is 0 Å². The molecule has 5 heteroatoms. The molecule has 0 aliphatic rings.